The molecule has 0 aromatic rings. The number of hydrogen-bond acceptors (Lipinski definition) is 11. The van der Waals surface area contributed by atoms with Crippen LogP contribution in [0.15, 0.2) is 72.9 Å². The van der Waals surface area contributed by atoms with Crippen LogP contribution in [0.25, 0.3) is 0 Å². The van der Waals surface area contributed by atoms with Crippen molar-refractivity contribution >= 4 is 16.4 Å². The summed E-state index contributed by atoms with van der Waals surface area (Å²) in [6.45, 7) is 3.91. The minimum absolute atomic E-state index is 0.0295. The van der Waals surface area contributed by atoms with Gasteiger partial charge in [-0.3, -0.25) is 9.35 Å². The fourth-order valence-electron chi connectivity index (χ4n) is 9.62. The Hall–Kier alpha value is -2.46. The van der Waals surface area contributed by atoms with E-state index in [0.717, 1.165) is 96.3 Å². The first-order chi connectivity index (χ1) is 38.1. The number of carbonyl (C=O) groups excluding carboxylic acids is 1. The Labute approximate surface area is 477 Å². The van der Waals surface area contributed by atoms with E-state index in [0.29, 0.717) is 13.0 Å². The smallest absolute Gasteiger partial charge is 0.397 e. The SMILES string of the molecule is CC/C=C\C/C=C\C/C=C\C/C=C\C/C=C\C/C=C\CCCCCCCCC(=O)OC(COCCCCCCCCCCCCCCCCCCCCCCCCCCCC)COC1OC(CO)C(O)C(OS(=O)(=O)O)C1O. The number of ether oxygens (including phenoxy) is 4. The molecule has 1 fully saturated rings. The van der Waals surface area contributed by atoms with E-state index in [4.69, 9.17) is 18.9 Å². The zero-order valence-electron chi connectivity index (χ0n) is 49.5. The Morgan fingerprint density at radius 1 is 0.500 bits per heavy atom. The third-order valence-corrected chi connectivity index (χ3v) is 14.8. The summed E-state index contributed by atoms with van der Waals surface area (Å²) in [6.07, 6.45) is 65.2. The highest BCUT2D eigenvalue weighted by Gasteiger charge is 2.48. The minimum Gasteiger partial charge on any atom is -0.457 e. The lowest BCUT2D eigenvalue weighted by Gasteiger charge is -2.41. The monoisotopic (exact) mass is 1120 g/mol. The van der Waals surface area contributed by atoms with Gasteiger partial charge in [0, 0.05) is 13.0 Å². The van der Waals surface area contributed by atoms with Crippen LogP contribution in [-0.4, -0.2) is 97.5 Å². The predicted molar refractivity (Wildman–Crippen MR) is 322 cm³/mol. The van der Waals surface area contributed by atoms with Crippen molar-refractivity contribution < 1.29 is 56.2 Å². The van der Waals surface area contributed by atoms with Crippen molar-refractivity contribution in [2.45, 2.75) is 307 Å². The summed E-state index contributed by atoms with van der Waals surface area (Å²) < 4.78 is 59.6. The largest absolute Gasteiger partial charge is 0.457 e. The molecule has 6 unspecified atom stereocenters. The summed E-state index contributed by atoms with van der Waals surface area (Å²) in [6, 6.07) is 0. The molecule has 0 aromatic heterocycles. The van der Waals surface area contributed by atoms with E-state index < -0.39 is 59.8 Å². The molecule has 1 aliphatic heterocycles. The van der Waals surface area contributed by atoms with E-state index in [1.165, 1.54) is 148 Å². The highest BCUT2D eigenvalue weighted by atomic mass is 32.3. The summed E-state index contributed by atoms with van der Waals surface area (Å²) in [5, 5.41) is 30.9. The summed E-state index contributed by atoms with van der Waals surface area (Å²) in [7, 11) is -5.07. The van der Waals surface area contributed by atoms with Gasteiger partial charge in [0.15, 0.2) is 6.29 Å². The molecule has 1 aliphatic rings. The standard InChI is InChI=1S/C65H116O12S/c1-3-5-7-9-11-13-15-17-19-21-23-25-27-29-31-33-35-37-39-41-43-45-47-49-51-53-55-73-57-59(58-74-65-63(69)64(77-78(70,71)72)62(68)60(56-66)76-65)75-61(67)54-52-50-48-46-44-42-40-38-36-34-32-30-28-26-24-22-20-18-16-14-12-10-8-6-4-2/h6,8,12,14,18,20,24,26,30,32,36,38,59-60,62-66,68-69H,3-5,7,9-11,13,15-17,19,21-23,25,27-29,31,33-35,37,39-58H2,1-2H3,(H,70,71,72)/b8-6-,14-12-,20-18-,26-24-,32-30-,38-36-. The molecule has 0 radical (unpaired) electrons. The zero-order valence-corrected chi connectivity index (χ0v) is 50.3. The van der Waals surface area contributed by atoms with Crippen LogP contribution < -0.4 is 0 Å². The second-order valence-electron chi connectivity index (χ2n) is 21.6. The number of hydrogen-bond donors (Lipinski definition) is 4. The second-order valence-corrected chi connectivity index (χ2v) is 22.7. The van der Waals surface area contributed by atoms with Gasteiger partial charge < -0.3 is 34.3 Å². The molecule has 454 valence electrons. The molecule has 0 amide bonds. The van der Waals surface area contributed by atoms with Crippen molar-refractivity contribution in [3.05, 3.63) is 72.9 Å². The van der Waals surface area contributed by atoms with Crippen molar-refractivity contribution in [1.29, 1.82) is 0 Å². The Morgan fingerprint density at radius 2 is 0.885 bits per heavy atom. The molecule has 1 heterocycles. The predicted octanol–water partition coefficient (Wildman–Crippen LogP) is 16.5. The van der Waals surface area contributed by atoms with Crippen LogP contribution in [0.5, 0.6) is 0 Å². The van der Waals surface area contributed by atoms with Crippen LogP contribution in [0.1, 0.15) is 271 Å². The number of carbonyl (C=O) groups is 1. The molecule has 1 rings (SSSR count). The van der Waals surface area contributed by atoms with Gasteiger partial charge in [-0.1, -0.05) is 273 Å². The van der Waals surface area contributed by atoms with Gasteiger partial charge in [-0.05, 0) is 64.2 Å². The molecular formula is C65H116O12S. The van der Waals surface area contributed by atoms with E-state index in [9.17, 15) is 33.1 Å². The van der Waals surface area contributed by atoms with Gasteiger partial charge in [0.2, 0.25) is 0 Å². The van der Waals surface area contributed by atoms with Crippen molar-refractivity contribution in [2.75, 3.05) is 26.4 Å². The second kappa shape index (κ2) is 55.1. The molecule has 12 nitrogen and oxygen atoms in total. The molecule has 6 atom stereocenters. The Bertz CT molecular complexity index is 1630. The fraction of sp³-hybridized carbons (Fsp3) is 0.800. The Morgan fingerprint density at radius 3 is 1.29 bits per heavy atom. The molecule has 78 heavy (non-hydrogen) atoms. The van der Waals surface area contributed by atoms with Crippen molar-refractivity contribution in [2.24, 2.45) is 0 Å². The fourth-order valence-corrected chi connectivity index (χ4v) is 10.1. The highest BCUT2D eigenvalue weighted by Crippen LogP contribution is 2.26. The number of esters is 1. The van der Waals surface area contributed by atoms with Gasteiger partial charge in [0.1, 0.15) is 30.5 Å². The lowest BCUT2D eigenvalue weighted by atomic mass is 9.99. The average molecular weight is 1120 g/mol. The average Bonchev–Trinajstić information content (AvgIpc) is 3.46. The van der Waals surface area contributed by atoms with Crippen molar-refractivity contribution in [1.82, 2.24) is 0 Å². The Kier molecular flexibility index (Phi) is 52.0. The van der Waals surface area contributed by atoms with Gasteiger partial charge in [-0.15, -0.1) is 0 Å². The van der Waals surface area contributed by atoms with E-state index in [1.807, 2.05) is 0 Å². The maximum atomic E-state index is 13.0. The van der Waals surface area contributed by atoms with E-state index in [1.54, 1.807) is 0 Å². The first kappa shape index (κ1) is 73.6. The maximum absolute atomic E-state index is 13.0. The van der Waals surface area contributed by atoms with E-state index in [2.05, 4.69) is 90.9 Å². The highest BCUT2D eigenvalue weighted by molar-refractivity contribution is 7.80. The maximum Gasteiger partial charge on any atom is 0.397 e. The number of allylic oxidation sites excluding steroid dienone is 12. The van der Waals surface area contributed by atoms with Gasteiger partial charge in [0.05, 0.1) is 19.8 Å². The van der Waals surface area contributed by atoms with Crippen LogP contribution in [0.2, 0.25) is 0 Å². The van der Waals surface area contributed by atoms with E-state index in [-0.39, 0.29) is 19.6 Å². The molecule has 0 aliphatic carbocycles. The summed E-state index contributed by atoms with van der Waals surface area (Å²) in [5.41, 5.74) is 0. The lowest BCUT2D eigenvalue weighted by molar-refractivity contribution is -0.301. The topological polar surface area (TPSA) is 178 Å². The number of unbranched alkanes of at least 4 members (excludes halogenated alkanes) is 31. The zero-order chi connectivity index (χ0) is 56.7. The van der Waals surface area contributed by atoms with Crippen LogP contribution >= 0.6 is 0 Å². The first-order valence-corrected chi connectivity index (χ1v) is 33.1. The first-order valence-electron chi connectivity index (χ1n) is 31.7. The van der Waals surface area contributed by atoms with Crippen LogP contribution in [0.3, 0.4) is 0 Å². The van der Waals surface area contributed by atoms with Crippen molar-refractivity contribution in [3.8, 4) is 0 Å². The van der Waals surface area contributed by atoms with E-state index >= 15 is 0 Å². The molecule has 0 spiro atoms. The summed E-state index contributed by atoms with van der Waals surface area (Å²) >= 11 is 0. The summed E-state index contributed by atoms with van der Waals surface area (Å²) in [5.74, 6) is -0.411. The molecular weight excluding hydrogens is 1000 g/mol. The molecule has 4 N–H and O–H groups in total. The Balaban J connectivity index is 2.27. The molecule has 0 saturated carbocycles. The van der Waals surface area contributed by atoms with Gasteiger partial charge in [-0.2, -0.15) is 8.42 Å². The number of aliphatic hydroxyl groups is 3. The van der Waals surface area contributed by atoms with Crippen LogP contribution in [0, 0.1) is 0 Å². The van der Waals surface area contributed by atoms with Gasteiger partial charge >= 0.3 is 16.4 Å². The van der Waals surface area contributed by atoms with Gasteiger partial charge in [0.25, 0.3) is 0 Å². The normalized spacial score (nSPS) is 18.9. The summed E-state index contributed by atoms with van der Waals surface area (Å²) in [4.78, 5) is 13.0. The van der Waals surface area contributed by atoms with Crippen LogP contribution in [0.4, 0.5) is 0 Å². The quantitative estimate of drug-likeness (QED) is 0.0196. The van der Waals surface area contributed by atoms with Crippen molar-refractivity contribution in [3.63, 3.8) is 0 Å². The molecule has 1 saturated heterocycles. The lowest BCUT2D eigenvalue weighted by Crippen LogP contribution is -2.60. The molecule has 0 aromatic carbocycles. The van der Waals surface area contributed by atoms with Gasteiger partial charge in [-0.25, -0.2) is 4.18 Å². The molecule has 13 heteroatoms. The third kappa shape index (κ3) is 47.2. The number of aliphatic hydroxyl groups excluding tert-OH is 3. The number of rotatable bonds is 56. The van der Waals surface area contributed by atoms with Crippen LogP contribution in [-0.2, 0) is 38.3 Å². The minimum atomic E-state index is -5.07. The molecule has 0 bridgehead atoms. The third-order valence-electron chi connectivity index (χ3n) is 14.3.